The Morgan fingerprint density at radius 1 is 1.13 bits per heavy atom. The maximum absolute atomic E-state index is 13.2. The molecule has 0 saturated carbocycles. The number of halogens is 5. The van der Waals surface area contributed by atoms with Crippen molar-refractivity contribution >= 4 is 22.4 Å². The van der Waals surface area contributed by atoms with Crippen LogP contribution in [-0.4, -0.2) is 38.5 Å². The van der Waals surface area contributed by atoms with Gasteiger partial charge in [-0.1, -0.05) is 24.3 Å². The highest BCUT2D eigenvalue weighted by atomic mass is 35.5. The molecular weight excluding hydrogens is 450 g/mol. The summed E-state index contributed by atoms with van der Waals surface area (Å²) in [5.74, 6) is -0.188. The van der Waals surface area contributed by atoms with Crippen LogP contribution < -0.4 is 14.8 Å². The molecule has 2 aromatic rings. The molecule has 0 fully saturated rings. The first-order valence-corrected chi connectivity index (χ1v) is 10.4. The number of nitrogens with one attached hydrogen (secondary N) is 2. The Bertz CT molecular complexity index is 894. The molecular formula is C18H22ClF4N3O3S. The fraction of sp³-hybridized carbons (Fsp3) is 0.389. The lowest BCUT2D eigenvalue weighted by molar-refractivity contribution is -0.153. The van der Waals surface area contributed by atoms with Gasteiger partial charge in [-0.2, -0.15) is 17.9 Å². The Balaban J connectivity index is 0.00000450. The van der Waals surface area contributed by atoms with Gasteiger partial charge in [0.2, 0.25) is 15.9 Å². The number of aromatic nitrogens is 1. The van der Waals surface area contributed by atoms with Crippen molar-refractivity contribution in [3.05, 3.63) is 59.5 Å². The largest absolute Gasteiger partial charge is 0.476 e. The molecule has 0 saturated heterocycles. The smallest absolute Gasteiger partial charge is 0.408 e. The first kappa shape index (κ1) is 26.1. The maximum Gasteiger partial charge on any atom is 0.408 e. The van der Waals surface area contributed by atoms with Gasteiger partial charge in [-0.3, -0.25) is 0 Å². The Hall–Kier alpha value is -1.95. The van der Waals surface area contributed by atoms with E-state index in [4.69, 9.17) is 4.74 Å². The lowest BCUT2D eigenvalue weighted by Crippen LogP contribution is -2.37. The minimum absolute atomic E-state index is 0. The Labute approximate surface area is 178 Å². The van der Waals surface area contributed by atoms with E-state index in [2.05, 4.69) is 10.3 Å². The number of hydrogen-bond acceptors (Lipinski definition) is 5. The summed E-state index contributed by atoms with van der Waals surface area (Å²) in [4.78, 5) is 3.77. The van der Waals surface area contributed by atoms with Crippen LogP contribution in [0.25, 0.3) is 0 Å². The van der Waals surface area contributed by atoms with Gasteiger partial charge in [0.05, 0.1) is 12.5 Å². The number of alkyl halides is 3. The Kier molecular flexibility index (Phi) is 9.47. The van der Waals surface area contributed by atoms with Crippen LogP contribution in [0, 0.1) is 5.82 Å². The van der Waals surface area contributed by atoms with Gasteiger partial charge in [0.25, 0.3) is 0 Å². The summed E-state index contributed by atoms with van der Waals surface area (Å²) in [7, 11) is -4.04. The monoisotopic (exact) mass is 471 g/mol. The minimum atomic E-state index is -4.76. The fourth-order valence-corrected chi connectivity index (χ4v) is 3.07. The number of sulfonamides is 1. The molecule has 6 nitrogen and oxygen atoms in total. The van der Waals surface area contributed by atoms with Crippen molar-refractivity contribution in [3.63, 3.8) is 0 Å². The van der Waals surface area contributed by atoms with E-state index in [1.54, 1.807) is 4.72 Å². The van der Waals surface area contributed by atoms with Crippen LogP contribution in [0.4, 0.5) is 17.6 Å². The van der Waals surface area contributed by atoms with Crippen molar-refractivity contribution in [2.75, 3.05) is 12.9 Å². The van der Waals surface area contributed by atoms with E-state index >= 15 is 0 Å². The number of nitrogens with zero attached hydrogens (tertiary/aromatic N) is 1. The topological polar surface area (TPSA) is 80.3 Å². The molecule has 0 radical (unpaired) electrons. The number of pyridine rings is 1. The molecule has 1 unspecified atom stereocenters. The second-order valence-electron chi connectivity index (χ2n) is 6.51. The van der Waals surface area contributed by atoms with Crippen LogP contribution >= 0.6 is 12.4 Å². The molecule has 0 aliphatic heterocycles. The summed E-state index contributed by atoms with van der Waals surface area (Å²) in [6.45, 7) is 2.45. The molecule has 2 N–H and O–H groups in total. The highest BCUT2D eigenvalue weighted by Gasteiger charge is 2.42. The quantitative estimate of drug-likeness (QED) is 0.548. The first-order valence-electron chi connectivity index (χ1n) is 8.54. The molecule has 1 aromatic heterocycles. The van der Waals surface area contributed by atoms with Crippen LogP contribution in [0.15, 0.2) is 42.6 Å². The third-order valence-electron chi connectivity index (χ3n) is 3.81. The molecule has 0 bridgehead atoms. The summed E-state index contributed by atoms with van der Waals surface area (Å²) in [5.41, 5.74) is 0.506. The van der Waals surface area contributed by atoms with E-state index < -0.39 is 28.1 Å². The summed E-state index contributed by atoms with van der Waals surface area (Å²) < 4.78 is 81.7. The van der Waals surface area contributed by atoms with Gasteiger partial charge >= 0.3 is 6.18 Å². The normalized spacial score (nSPS) is 13.9. The van der Waals surface area contributed by atoms with Gasteiger partial charge < -0.3 is 10.1 Å². The zero-order chi connectivity index (χ0) is 21.7. The zero-order valence-electron chi connectivity index (χ0n) is 16.1. The first-order chi connectivity index (χ1) is 13.4. The molecule has 12 heteroatoms. The van der Waals surface area contributed by atoms with Crippen LogP contribution in [0.5, 0.6) is 5.88 Å². The predicted molar refractivity (Wildman–Crippen MR) is 106 cm³/mol. The standard InChI is InChI=1S/C18H21F4N3O3S.ClH/c1-12(11-28-16-8-7-15(19)10-24-16)23-9-13-3-5-14(6-4-13)17(18(20,21)22)25-29(2,26)27;/h3-8,10,12,17,23,25H,9,11H2,1-2H3;1H/t12?,17-;/m0./s1. The van der Waals surface area contributed by atoms with E-state index in [-0.39, 0.29) is 36.5 Å². The molecule has 30 heavy (non-hydrogen) atoms. The van der Waals surface area contributed by atoms with Gasteiger partial charge in [-0.25, -0.2) is 17.8 Å². The van der Waals surface area contributed by atoms with Gasteiger partial charge in [0.15, 0.2) is 0 Å². The molecule has 2 atom stereocenters. The third-order valence-corrected chi connectivity index (χ3v) is 4.47. The van der Waals surface area contributed by atoms with Gasteiger partial charge in [0, 0.05) is 18.7 Å². The highest BCUT2D eigenvalue weighted by molar-refractivity contribution is 7.88. The van der Waals surface area contributed by atoms with Gasteiger partial charge in [-0.15, -0.1) is 12.4 Å². The van der Waals surface area contributed by atoms with Crippen LogP contribution in [0.2, 0.25) is 0 Å². The van der Waals surface area contributed by atoms with Crippen molar-refractivity contribution in [2.45, 2.75) is 31.7 Å². The molecule has 168 valence electrons. The molecule has 1 aromatic carbocycles. The second-order valence-corrected chi connectivity index (χ2v) is 8.29. The lowest BCUT2D eigenvalue weighted by Gasteiger charge is -2.21. The molecule has 0 aliphatic rings. The summed E-state index contributed by atoms with van der Waals surface area (Å²) in [6, 6.07) is 5.65. The van der Waals surface area contributed by atoms with Crippen molar-refractivity contribution in [1.29, 1.82) is 0 Å². The third kappa shape index (κ3) is 8.82. The fourth-order valence-electron chi connectivity index (χ4n) is 2.37. The van der Waals surface area contributed by atoms with Gasteiger partial charge in [0.1, 0.15) is 18.5 Å². The van der Waals surface area contributed by atoms with Crippen LogP contribution in [0.3, 0.4) is 0 Å². The second kappa shape index (κ2) is 10.9. The van der Waals surface area contributed by atoms with E-state index in [1.807, 2.05) is 6.92 Å². The number of rotatable bonds is 9. The summed E-state index contributed by atoms with van der Waals surface area (Å²) >= 11 is 0. The SMILES string of the molecule is CC(COc1ccc(F)cn1)NCc1ccc([C@H](NS(C)(=O)=O)C(F)(F)F)cc1.Cl. The van der Waals surface area contributed by atoms with Crippen LogP contribution in [-0.2, 0) is 16.6 Å². The number of hydrogen-bond donors (Lipinski definition) is 2. The number of benzene rings is 1. The molecule has 0 aliphatic carbocycles. The Morgan fingerprint density at radius 2 is 1.77 bits per heavy atom. The van der Waals surface area contributed by atoms with Crippen molar-refractivity contribution in [3.8, 4) is 5.88 Å². The number of ether oxygens (including phenoxy) is 1. The summed E-state index contributed by atoms with van der Waals surface area (Å²) in [5, 5.41) is 3.14. The van der Waals surface area contributed by atoms with Crippen molar-refractivity contribution < 1.29 is 30.7 Å². The van der Waals surface area contributed by atoms with E-state index in [9.17, 15) is 26.0 Å². The van der Waals surface area contributed by atoms with E-state index in [0.717, 1.165) is 6.20 Å². The predicted octanol–water partition coefficient (Wildman–Crippen LogP) is 3.35. The Morgan fingerprint density at radius 3 is 2.27 bits per heavy atom. The molecule has 0 amide bonds. The van der Waals surface area contributed by atoms with E-state index in [0.29, 0.717) is 18.4 Å². The average Bonchev–Trinajstić information content (AvgIpc) is 2.63. The maximum atomic E-state index is 13.2. The molecule has 1 heterocycles. The van der Waals surface area contributed by atoms with Crippen molar-refractivity contribution in [1.82, 2.24) is 15.0 Å². The highest BCUT2D eigenvalue weighted by Crippen LogP contribution is 2.33. The zero-order valence-corrected chi connectivity index (χ0v) is 17.7. The average molecular weight is 472 g/mol. The molecule has 0 spiro atoms. The van der Waals surface area contributed by atoms with Gasteiger partial charge in [-0.05, 0) is 24.1 Å². The minimum Gasteiger partial charge on any atom is -0.476 e. The van der Waals surface area contributed by atoms with E-state index in [1.165, 1.54) is 36.4 Å². The summed E-state index contributed by atoms with van der Waals surface area (Å²) in [6.07, 6.45) is -3.04. The van der Waals surface area contributed by atoms with Crippen molar-refractivity contribution in [2.24, 2.45) is 0 Å². The lowest BCUT2D eigenvalue weighted by atomic mass is 10.0. The van der Waals surface area contributed by atoms with Crippen LogP contribution in [0.1, 0.15) is 24.1 Å². The molecule has 2 rings (SSSR count).